The van der Waals surface area contributed by atoms with Crippen molar-refractivity contribution in [2.45, 2.75) is 19.0 Å². The number of benzene rings is 2. The van der Waals surface area contributed by atoms with E-state index in [1.54, 1.807) is 42.5 Å². The number of anilines is 1. The number of nitrogens with zero attached hydrogens (tertiary/aromatic N) is 2. The van der Waals surface area contributed by atoms with Crippen LogP contribution in [0.25, 0.3) is 16.9 Å². The monoisotopic (exact) mass is 349 g/mol. The zero-order valence-electron chi connectivity index (χ0n) is 13.1. The van der Waals surface area contributed by atoms with Gasteiger partial charge in [-0.1, -0.05) is 18.2 Å². The average molecular weight is 349 g/mol. The molecular weight excluding hydrogens is 334 g/mol. The molecule has 0 unspecified atom stereocenters. The Morgan fingerprint density at radius 1 is 1.00 bits per heavy atom. The molecule has 7 heteroatoms. The lowest BCUT2D eigenvalue weighted by Crippen LogP contribution is -2.08. The highest BCUT2D eigenvalue weighted by Crippen LogP contribution is 2.28. The van der Waals surface area contributed by atoms with Crippen LogP contribution in [0.1, 0.15) is 12.0 Å². The van der Waals surface area contributed by atoms with Crippen LogP contribution in [0.3, 0.4) is 0 Å². The van der Waals surface area contributed by atoms with Crippen LogP contribution in [0, 0.1) is 5.82 Å². The molecule has 3 rings (SSSR count). The number of halogens is 4. The fraction of sp³-hybridized carbons (Fsp3) is 0.167. The lowest BCUT2D eigenvalue weighted by molar-refractivity contribution is -0.133. The van der Waals surface area contributed by atoms with Crippen molar-refractivity contribution in [2.24, 2.45) is 0 Å². The van der Waals surface area contributed by atoms with Crippen molar-refractivity contribution >= 4 is 5.82 Å². The number of rotatable bonds is 4. The molecule has 0 aliphatic heterocycles. The number of alkyl halides is 3. The summed E-state index contributed by atoms with van der Waals surface area (Å²) < 4.78 is 51.9. The third-order valence-electron chi connectivity index (χ3n) is 3.72. The van der Waals surface area contributed by atoms with E-state index < -0.39 is 12.6 Å². The maximum atomic E-state index is 13.1. The number of hydrogen-bond acceptors (Lipinski definition) is 2. The summed E-state index contributed by atoms with van der Waals surface area (Å²) in [6, 6.07) is 14.1. The Labute approximate surface area is 141 Å². The van der Waals surface area contributed by atoms with E-state index in [9.17, 15) is 17.6 Å². The summed E-state index contributed by atoms with van der Waals surface area (Å²) in [6.45, 7) is 0. The third kappa shape index (κ3) is 4.17. The molecule has 0 fully saturated rings. The van der Waals surface area contributed by atoms with Crippen molar-refractivity contribution in [2.75, 3.05) is 5.73 Å². The molecular formula is C18H15F4N3. The van der Waals surface area contributed by atoms with Crippen LogP contribution >= 0.6 is 0 Å². The first-order valence-electron chi connectivity index (χ1n) is 7.59. The second kappa shape index (κ2) is 6.58. The minimum Gasteiger partial charge on any atom is -0.382 e. The summed E-state index contributed by atoms with van der Waals surface area (Å²) in [5.41, 5.74) is 8.27. The maximum Gasteiger partial charge on any atom is 0.389 e. The molecule has 0 radical (unpaired) electrons. The predicted octanol–water partition coefficient (Wildman–Crippen LogP) is 4.76. The third-order valence-corrected chi connectivity index (χ3v) is 3.72. The van der Waals surface area contributed by atoms with E-state index in [2.05, 4.69) is 5.10 Å². The number of aryl methyl sites for hydroxylation is 1. The Bertz CT molecular complexity index is 867. The highest BCUT2D eigenvalue weighted by molar-refractivity contribution is 5.66. The minimum absolute atomic E-state index is 0.0997. The molecule has 130 valence electrons. The fourth-order valence-electron chi connectivity index (χ4n) is 2.56. The summed E-state index contributed by atoms with van der Waals surface area (Å²) in [5, 5.41) is 4.19. The molecule has 1 heterocycles. The summed E-state index contributed by atoms with van der Waals surface area (Å²) in [4.78, 5) is 0. The second-order valence-electron chi connectivity index (χ2n) is 5.66. The summed E-state index contributed by atoms with van der Waals surface area (Å²) in [7, 11) is 0. The van der Waals surface area contributed by atoms with E-state index in [-0.39, 0.29) is 18.1 Å². The smallest absolute Gasteiger partial charge is 0.382 e. The van der Waals surface area contributed by atoms with Crippen molar-refractivity contribution in [3.63, 3.8) is 0 Å². The largest absolute Gasteiger partial charge is 0.389 e. The molecule has 0 atom stereocenters. The maximum absolute atomic E-state index is 13.1. The average Bonchev–Trinajstić information content (AvgIpc) is 2.95. The minimum atomic E-state index is -4.20. The van der Waals surface area contributed by atoms with E-state index in [1.165, 1.54) is 16.8 Å². The molecule has 0 aliphatic carbocycles. The number of aromatic nitrogens is 2. The fourth-order valence-corrected chi connectivity index (χ4v) is 2.56. The van der Waals surface area contributed by atoms with Crippen LogP contribution in [0.15, 0.2) is 54.6 Å². The standard InChI is InChI=1S/C18H15F4N3/c19-14-4-6-15(7-5-14)25-16(11-17(23)24-25)13-3-1-2-12(10-13)8-9-18(20,21)22/h1-7,10-11H,8-9H2,(H2,23,24). The van der Waals surface area contributed by atoms with Crippen molar-refractivity contribution in [3.05, 3.63) is 66.0 Å². The molecule has 1 aromatic heterocycles. The van der Waals surface area contributed by atoms with Gasteiger partial charge < -0.3 is 5.73 Å². The highest BCUT2D eigenvalue weighted by Gasteiger charge is 2.26. The van der Waals surface area contributed by atoms with Crippen LogP contribution < -0.4 is 5.73 Å². The summed E-state index contributed by atoms with van der Waals surface area (Å²) >= 11 is 0. The number of hydrogen-bond donors (Lipinski definition) is 1. The molecule has 2 aromatic carbocycles. The van der Waals surface area contributed by atoms with Crippen molar-refractivity contribution < 1.29 is 17.6 Å². The van der Waals surface area contributed by atoms with Crippen LogP contribution in [0.5, 0.6) is 0 Å². The molecule has 0 aliphatic rings. The molecule has 3 nitrogen and oxygen atoms in total. The Morgan fingerprint density at radius 2 is 1.72 bits per heavy atom. The van der Waals surface area contributed by atoms with Gasteiger partial charge >= 0.3 is 6.18 Å². The molecule has 0 bridgehead atoms. The Hall–Kier alpha value is -2.83. The van der Waals surface area contributed by atoms with E-state index >= 15 is 0 Å². The first-order chi connectivity index (χ1) is 11.8. The van der Waals surface area contributed by atoms with Gasteiger partial charge in [0.2, 0.25) is 0 Å². The van der Waals surface area contributed by atoms with Crippen molar-refractivity contribution in [3.8, 4) is 16.9 Å². The molecule has 25 heavy (non-hydrogen) atoms. The van der Waals surface area contributed by atoms with E-state index in [0.717, 1.165) is 0 Å². The zero-order valence-corrected chi connectivity index (χ0v) is 13.1. The molecule has 0 amide bonds. The highest BCUT2D eigenvalue weighted by atomic mass is 19.4. The first-order valence-corrected chi connectivity index (χ1v) is 7.59. The Balaban J connectivity index is 1.96. The van der Waals surface area contributed by atoms with Gasteiger partial charge in [-0.25, -0.2) is 9.07 Å². The van der Waals surface area contributed by atoms with Gasteiger partial charge in [-0.05, 0) is 42.3 Å². The summed E-state index contributed by atoms with van der Waals surface area (Å²) in [5.74, 6) is -0.111. The van der Waals surface area contributed by atoms with Crippen LogP contribution in [0.2, 0.25) is 0 Å². The molecule has 0 saturated carbocycles. The van der Waals surface area contributed by atoms with E-state index in [1.807, 2.05) is 0 Å². The number of nitrogens with two attached hydrogens (primary N) is 1. The van der Waals surface area contributed by atoms with Crippen LogP contribution in [-0.4, -0.2) is 16.0 Å². The molecule has 3 aromatic rings. The molecule has 2 N–H and O–H groups in total. The van der Waals surface area contributed by atoms with Gasteiger partial charge in [0.1, 0.15) is 11.6 Å². The van der Waals surface area contributed by atoms with Gasteiger partial charge in [-0.2, -0.15) is 18.3 Å². The van der Waals surface area contributed by atoms with Crippen LogP contribution in [0.4, 0.5) is 23.4 Å². The van der Waals surface area contributed by atoms with Crippen LogP contribution in [-0.2, 0) is 6.42 Å². The quantitative estimate of drug-likeness (QED) is 0.691. The van der Waals surface area contributed by atoms with E-state index in [0.29, 0.717) is 22.5 Å². The Kier molecular flexibility index (Phi) is 4.48. The van der Waals surface area contributed by atoms with Gasteiger partial charge in [0.25, 0.3) is 0 Å². The lowest BCUT2D eigenvalue weighted by Gasteiger charge is -2.10. The van der Waals surface area contributed by atoms with E-state index in [4.69, 9.17) is 5.73 Å². The normalized spacial score (nSPS) is 11.7. The number of nitrogen functional groups attached to an aromatic ring is 1. The zero-order chi connectivity index (χ0) is 18.0. The predicted molar refractivity (Wildman–Crippen MR) is 87.7 cm³/mol. The lowest BCUT2D eigenvalue weighted by atomic mass is 10.0. The van der Waals surface area contributed by atoms with Gasteiger partial charge in [-0.3, -0.25) is 0 Å². The van der Waals surface area contributed by atoms with Crippen molar-refractivity contribution in [1.82, 2.24) is 9.78 Å². The van der Waals surface area contributed by atoms with Gasteiger partial charge in [0.05, 0.1) is 11.4 Å². The van der Waals surface area contributed by atoms with Gasteiger partial charge in [0, 0.05) is 18.1 Å². The second-order valence-corrected chi connectivity index (χ2v) is 5.66. The summed E-state index contributed by atoms with van der Waals surface area (Å²) in [6.07, 6.45) is -5.18. The Morgan fingerprint density at radius 3 is 2.40 bits per heavy atom. The SMILES string of the molecule is Nc1cc(-c2cccc(CCC(F)(F)F)c2)n(-c2ccc(F)cc2)n1. The van der Waals surface area contributed by atoms with Crippen molar-refractivity contribution in [1.29, 1.82) is 0 Å². The van der Waals surface area contributed by atoms with Gasteiger partial charge in [0.15, 0.2) is 0 Å². The topological polar surface area (TPSA) is 43.8 Å². The first kappa shape index (κ1) is 17.0. The molecule has 0 spiro atoms. The van der Waals surface area contributed by atoms with Gasteiger partial charge in [-0.15, -0.1) is 0 Å². The molecule has 0 saturated heterocycles.